The molecular weight excluding hydrogens is 314 g/mol. The summed E-state index contributed by atoms with van der Waals surface area (Å²) < 4.78 is 10.4. The minimum atomic E-state index is -0.242. The Kier molecular flexibility index (Phi) is 7.99. The van der Waals surface area contributed by atoms with E-state index < -0.39 is 0 Å². The van der Waals surface area contributed by atoms with Gasteiger partial charge in [0, 0.05) is 6.54 Å². The lowest BCUT2D eigenvalue weighted by molar-refractivity contribution is -0.139. The lowest BCUT2D eigenvalue weighted by Crippen LogP contribution is -2.22. The maximum atomic E-state index is 11.3. The van der Waals surface area contributed by atoms with Gasteiger partial charge in [-0.05, 0) is 42.1 Å². The molecule has 1 atom stereocenters. The van der Waals surface area contributed by atoms with Crippen LogP contribution in [0.5, 0.6) is 5.75 Å². The van der Waals surface area contributed by atoms with Crippen molar-refractivity contribution in [2.75, 3.05) is 26.8 Å². The fraction of sp³-hybridized carbons (Fsp3) is 0.381. The van der Waals surface area contributed by atoms with E-state index in [9.17, 15) is 4.79 Å². The second-order valence-corrected chi connectivity index (χ2v) is 6.12. The van der Waals surface area contributed by atoms with Gasteiger partial charge in [0.2, 0.25) is 0 Å². The highest BCUT2D eigenvalue weighted by Gasteiger charge is 2.05. The molecule has 0 aromatic heterocycles. The van der Waals surface area contributed by atoms with Gasteiger partial charge in [-0.2, -0.15) is 0 Å². The van der Waals surface area contributed by atoms with Crippen molar-refractivity contribution in [3.63, 3.8) is 0 Å². The second-order valence-electron chi connectivity index (χ2n) is 6.12. The van der Waals surface area contributed by atoms with Gasteiger partial charge in [-0.1, -0.05) is 49.4 Å². The number of nitrogens with one attached hydrogen (secondary N) is 1. The molecule has 2 rings (SSSR count). The van der Waals surface area contributed by atoms with Gasteiger partial charge in [0.25, 0.3) is 0 Å². The smallest absolute Gasteiger partial charge is 0.309 e. The molecule has 0 amide bonds. The van der Waals surface area contributed by atoms with E-state index >= 15 is 0 Å². The zero-order valence-electron chi connectivity index (χ0n) is 15.0. The molecule has 0 fully saturated rings. The van der Waals surface area contributed by atoms with Crippen molar-refractivity contribution in [3.05, 3.63) is 65.7 Å². The van der Waals surface area contributed by atoms with Crippen LogP contribution >= 0.6 is 0 Å². The molecule has 0 aliphatic heterocycles. The molecule has 4 heteroatoms. The third-order valence-corrected chi connectivity index (χ3v) is 4.06. The molecular formula is C21H27NO3. The van der Waals surface area contributed by atoms with Crippen LogP contribution in [0.3, 0.4) is 0 Å². The third kappa shape index (κ3) is 6.98. The molecule has 0 bridgehead atoms. The van der Waals surface area contributed by atoms with Crippen LogP contribution < -0.4 is 10.1 Å². The maximum Gasteiger partial charge on any atom is 0.309 e. The average Bonchev–Trinajstić information content (AvgIpc) is 2.65. The van der Waals surface area contributed by atoms with E-state index in [2.05, 4.69) is 41.2 Å². The molecule has 0 aliphatic rings. The lowest BCUT2D eigenvalue weighted by atomic mass is 10.0. The quantitative estimate of drug-likeness (QED) is 0.530. The average molecular weight is 341 g/mol. The highest BCUT2D eigenvalue weighted by Crippen LogP contribution is 2.15. The highest BCUT2D eigenvalue weighted by atomic mass is 16.5. The molecule has 0 saturated heterocycles. The van der Waals surface area contributed by atoms with E-state index in [0.29, 0.717) is 12.5 Å². The van der Waals surface area contributed by atoms with Crippen molar-refractivity contribution in [3.8, 4) is 5.75 Å². The van der Waals surface area contributed by atoms with Gasteiger partial charge in [0.15, 0.2) is 0 Å². The molecule has 2 aromatic rings. The summed E-state index contributed by atoms with van der Waals surface area (Å²) >= 11 is 0. The fourth-order valence-electron chi connectivity index (χ4n) is 2.59. The van der Waals surface area contributed by atoms with Gasteiger partial charge in [0.1, 0.15) is 5.75 Å². The number of hydrogen-bond acceptors (Lipinski definition) is 4. The fourth-order valence-corrected chi connectivity index (χ4v) is 2.59. The Hall–Kier alpha value is -2.33. The molecule has 4 nitrogen and oxygen atoms in total. The van der Waals surface area contributed by atoms with Crippen molar-refractivity contribution in [1.29, 1.82) is 0 Å². The first kappa shape index (κ1) is 19.0. The van der Waals surface area contributed by atoms with Crippen LogP contribution in [0.15, 0.2) is 54.6 Å². The SMILES string of the molecule is COC(=O)Cc1cccc(OCCCNCC(C)c2ccccc2)c1. The molecule has 0 saturated carbocycles. The standard InChI is InChI=1S/C21H27NO3/c1-17(19-9-4-3-5-10-19)16-22-12-7-13-25-20-11-6-8-18(14-20)15-21(23)24-2/h3-6,8-11,14,17,22H,7,12-13,15-16H2,1-2H3. The lowest BCUT2D eigenvalue weighted by Gasteiger charge is -2.13. The Bertz CT molecular complexity index is 643. The van der Waals surface area contributed by atoms with Gasteiger partial charge in [-0.3, -0.25) is 4.79 Å². The minimum Gasteiger partial charge on any atom is -0.494 e. The van der Waals surface area contributed by atoms with Gasteiger partial charge in [-0.25, -0.2) is 0 Å². The summed E-state index contributed by atoms with van der Waals surface area (Å²) in [6.45, 7) is 4.75. The Morgan fingerprint density at radius 3 is 2.68 bits per heavy atom. The summed E-state index contributed by atoms with van der Waals surface area (Å²) in [6, 6.07) is 18.1. The number of carbonyl (C=O) groups excluding carboxylic acids is 1. The van der Waals surface area contributed by atoms with Crippen molar-refractivity contribution in [2.24, 2.45) is 0 Å². The van der Waals surface area contributed by atoms with Crippen molar-refractivity contribution in [1.82, 2.24) is 5.32 Å². The largest absolute Gasteiger partial charge is 0.494 e. The van der Waals surface area contributed by atoms with Crippen LogP contribution in [0.1, 0.15) is 30.4 Å². The molecule has 0 radical (unpaired) electrons. The number of esters is 1. The third-order valence-electron chi connectivity index (χ3n) is 4.06. The molecule has 25 heavy (non-hydrogen) atoms. The number of benzene rings is 2. The van der Waals surface area contributed by atoms with E-state index in [1.807, 2.05) is 30.3 Å². The monoisotopic (exact) mass is 341 g/mol. The Balaban J connectivity index is 1.63. The number of ether oxygens (including phenoxy) is 2. The first-order chi connectivity index (χ1) is 12.2. The summed E-state index contributed by atoms with van der Waals surface area (Å²) in [7, 11) is 1.40. The summed E-state index contributed by atoms with van der Waals surface area (Å²) in [5, 5.41) is 3.47. The van der Waals surface area contributed by atoms with E-state index in [0.717, 1.165) is 30.8 Å². The normalized spacial score (nSPS) is 11.8. The molecule has 0 spiro atoms. The number of carbonyl (C=O) groups is 1. The Morgan fingerprint density at radius 2 is 1.92 bits per heavy atom. The van der Waals surface area contributed by atoms with Crippen LogP contribution in [0, 0.1) is 0 Å². The van der Waals surface area contributed by atoms with E-state index in [1.54, 1.807) is 0 Å². The van der Waals surface area contributed by atoms with Crippen molar-refractivity contribution < 1.29 is 14.3 Å². The number of rotatable bonds is 10. The summed E-state index contributed by atoms with van der Waals surface area (Å²) in [5.41, 5.74) is 2.26. The van der Waals surface area contributed by atoms with Crippen LogP contribution in [0.25, 0.3) is 0 Å². The number of hydrogen-bond donors (Lipinski definition) is 1. The van der Waals surface area contributed by atoms with E-state index in [4.69, 9.17) is 4.74 Å². The maximum absolute atomic E-state index is 11.3. The van der Waals surface area contributed by atoms with Crippen LogP contribution in [0.2, 0.25) is 0 Å². The van der Waals surface area contributed by atoms with Crippen molar-refractivity contribution >= 4 is 5.97 Å². The summed E-state index contributed by atoms with van der Waals surface area (Å²) in [6.07, 6.45) is 1.20. The van der Waals surface area contributed by atoms with Gasteiger partial charge in [-0.15, -0.1) is 0 Å². The molecule has 1 N–H and O–H groups in total. The zero-order chi connectivity index (χ0) is 17.9. The summed E-state index contributed by atoms with van der Waals surface area (Å²) in [4.78, 5) is 11.3. The van der Waals surface area contributed by atoms with E-state index in [1.165, 1.54) is 12.7 Å². The van der Waals surface area contributed by atoms with Crippen LogP contribution in [-0.4, -0.2) is 32.8 Å². The predicted octanol–water partition coefficient (Wildman–Crippen LogP) is 3.56. The van der Waals surface area contributed by atoms with E-state index in [-0.39, 0.29) is 12.4 Å². The molecule has 0 heterocycles. The minimum absolute atomic E-state index is 0.242. The van der Waals surface area contributed by atoms with Gasteiger partial charge < -0.3 is 14.8 Å². The molecule has 2 aromatic carbocycles. The molecule has 134 valence electrons. The Morgan fingerprint density at radius 1 is 1.12 bits per heavy atom. The Labute approximate surface area is 150 Å². The van der Waals surface area contributed by atoms with Crippen LogP contribution in [0.4, 0.5) is 0 Å². The number of methoxy groups -OCH3 is 1. The zero-order valence-corrected chi connectivity index (χ0v) is 15.0. The highest BCUT2D eigenvalue weighted by molar-refractivity contribution is 5.72. The van der Waals surface area contributed by atoms with Gasteiger partial charge >= 0.3 is 5.97 Å². The topological polar surface area (TPSA) is 47.6 Å². The predicted molar refractivity (Wildman–Crippen MR) is 100 cm³/mol. The van der Waals surface area contributed by atoms with Crippen molar-refractivity contribution in [2.45, 2.75) is 25.7 Å². The first-order valence-corrected chi connectivity index (χ1v) is 8.73. The first-order valence-electron chi connectivity index (χ1n) is 8.73. The summed E-state index contributed by atoms with van der Waals surface area (Å²) in [5.74, 6) is 1.05. The van der Waals surface area contributed by atoms with Crippen LogP contribution in [-0.2, 0) is 16.0 Å². The second kappa shape index (κ2) is 10.5. The molecule has 1 unspecified atom stereocenters. The van der Waals surface area contributed by atoms with Gasteiger partial charge in [0.05, 0.1) is 20.1 Å². The molecule has 0 aliphatic carbocycles.